The lowest BCUT2D eigenvalue weighted by Crippen LogP contribution is -2.53. The van der Waals surface area contributed by atoms with Crippen molar-refractivity contribution in [1.29, 1.82) is 0 Å². The highest BCUT2D eigenvalue weighted by molar-refractivity contribution is 7.98. The van der Waals surface area contributed by atoms with Gasteiger partial charge in [0.15, 0.2) is 0 Å². The highest BCUT2D eigenvalue weighted by atomic mass is 35.5. The summed E-state index contributed by atoms with van der Waals surface area (Å²) in [6, 6.07) is 8.22. The third-order valence-corrected chi connectivity index (χ3v) is 5.22. The smallest absolute Gasteiger partial charge is 0.253 e. The van der Waals surface area contributed by atoms with Gasteiger partial charge in [-0.3, -0.25) is 4.79 Å². The van der Waals surface area contributed by atoms with Crippen molar-refractivity contribution < 1.29 is 4.79 Å². The Morgan fingerprint density at radius 3 is 2.55 bits per heavy atom. The number of amides is 1. The van der Waals surface area contributed by atoms with Crippen LogP contribution in [-0.2, 0) is 5.75 Å². The number of thioether (sulfide) groups is 1. The third kappa shape index (κ3) is 4.64. The first-order chi connectivity index (χ1) is 9.94. The first-order valence-electron chi connectivity index (χ1n) is 7.65. The topological polar surface area (TPSA) is 46.3 Å². The molecule has 124 valence electrons. The molecular formula is C17H27ClN2OS. The Bertz CT molecular complexity index is 490. The molecule has 1 aromatic carbocycles. The fourth-order valence-electron chi connectivity index (χ4n) is 2.69. The van der Waals surface area contributed by atoms with Gasteiger partial charge in [-0.25, -0.2) is 0 Å². The lowest BCUT2D eigenvalue weighted by atomic mass is 9.79. The normalized spacial score (nSPS) is 20.4. The van der Waals surface area contributed by atoms with Gasteiger partial charge >= 0.3 is 0 Å². The minimum absolute atomic E-state index is 0. The maximum atomic E-state index is 12.6. The predicted octanol–water partition coefficient (Wildman–Crippen LogP) is 3.56. The summed E-state index contributed by atoms with van der Waals surface area (Å²) in [4.78, 5) is 14.5. The van der Waals surface area contributed by atoms with Crippen LogP contribution in [0.25, 0.3) is 0 Å². The van der Waals surface area contributed by atoms with Crippen molar-refractivity contribution >= 4 is 30.1 Å². The number of carbonyl (C=O) groups is 1. The molecule has 0 radical (unpaired) electrons. The standard InChI is InChI=1S/C17H26N2OS.ClH/c1-4-21-11-13-5-7-14(8-6-13)16(20)19-10-9-15(18)17(2,3)12-19;/h5-8,15H,4,9-12,18H2,1-3H3;1H. The van der Waals surface area contributed by atoms with Crippen LogP contribution in [0, 0.1) is 5.41 Å². The van der Waals surface area contributed by atoms with E-state index in [4.69, 9.17) is 5.73 Å². The average Bonchev–Trinajstić information content (AvgIpc) is 2.47. The first-order valence-corrected chi connectivity index (χ1v) is 8.81. The van der Waals surface area contributed by atoms with Gasteiger partial charge in [0.05, 0.1) is 0 Å². The van der Waals surface area contributed by atoms with Gasteiger partial charge < -0.3 is 10.6 Å². The number of piperidine rings is 1. The van der Waals surface area contributed by atoms with Crippen molar-refractivity contribution in [2.45, 2.75) is 39.0 Å². The van der Waals surface area contributed by atoms with Crippen LogP contribution < -0.4 is 5.73 Å². The van der Waals surface area contributed by atoms with Crippen molar-refractivity contribution in [3.63, 3.8) is 0 Å². The minimum atomic E-state index is -0.00832. The Balaban J connectivity index is 0.00000242. The van der Waals surface area contributed by atoms with Gasteiger partial charge in [0.1, 0.15) is 0 Å². The lowest BCUT2D eigenvalue weighted by Gasteiger charge is -2.42. The van der Waals surface area contributed by atoms with E-state index in [-0.39, 0.29) is 29.8 Å². The quantitative estimate of drug-likeness (QED) is 0.910. The Kier molecular flexibility index (Phi) is 7.23. The highest BCUT2D eigenvalue weighted by Crippen LogP contribution is 2.28. The molecule has 1 aliphatic heterocycles. The van der Waals surface area contributed by atoms with E-state index in [0.717, 1.165) is 36.6 Å². The molecule has 1 aromatic rings. The van der Waals surface area contributed by atoms with E-state index in [1.807, 2.05) is 28.8 Å². The molecule has 1 atom stereocenters. The Labute approximate surface area is 144 Å². The molecule has 0 bridgehead atoms. The fraction of sp³-hybridized carbons (Fsp3) is 0.588. The van der Waals surface area contributed by atoms with Crippen LogP contribution in [0.1, 0.15) is 43.1 Å². The lowest BCUT2D eigenvalue weighted by molar-refractivity contribution is 0.0533. The Morgan fingerprint density at radius 1 is 1.36 bits per heavy atom. The van der Waals surface area contributed by atoms with Crippen LogP contribution >= 0.6 is 24.2 Å². The molecule has 1 saturated heterocycles. The fourth-order valence-corrected chi connectivity index (χ4v) is 3.33. The van der Waals surface area contributed by atoms with Gasteiger partial charge in [-0.1, -0.05) is 32.9 Å². The summed E-state index contributed by atoms with van der Waals surface area (Å²) >= 11 is 1.89. The van der Waals surface area contributed by atoms with Crippen molar-refractivity contribution in [3.8, 4) is 0 Å². The summed E-state index contributed by atoms with van der Waals surface area (Å²) in [5.41, 5.74) is 8.19. The van der Waals surface area contributed by atoms with E-state index in [9.17, 15) is 4.79 Å². The van der Waals surface area contributed by atoms with Crippen molar-refractivity contribution in [3.05, 3.63) is 35.4 Å². The zero-order valence-corrected chi connectivity index (χ0v) is 15.3. The largest absolute Gasteiger partial charge is 0.338 e. The molecule has 0 saturated carbocycles. The molecule has 1 aliphatic rings. The van der Waals surface area contributed by atoms with E-state index in [0.29, 0.717) is 0 Å². The monoisotopic (exact) mass is 342 g/mol. The zero-order valence-electron chi connectivity index (χ0n) is 13.7. The molecule has 1 heterocycles. The summed E-state index contributed by atoms with van der Waals surface area (Å²) in [5.74, 6) is 2.25. The number of carbonyl (C=O) groups excluding carboxylic acids is 1. The SMILES string of the molecule is CCSCc1ccc(C(=O)N2CCC(N)C(C)(C)C2)cc1.Cl. The number of benzene rings is 1. The van der Waals surface area contributed by atoms with Crippen LogP contribution in [0.4, 0.5) is 0 Å². The summed E-state index contributed by atoms with van der Waals surface area (Å²) in [6.07, 6.45) is 0.879. The molecule has 0 aromatic heterocycles. The predicted molar refractivity (Wildman–Crippen MR) is 97.8 cm³/mol. The molecule has 0 aliphatic carbocycles. The number of hydrogen-bond acceptors (Lipinski definition) is 3. The maximum absolute atomic E-state index is 12.6. The van der Waals surface area contributed by atoms with Gasteiger partial charge in [-0.05, 0) is 35.3 Å². The van der Waals surface area contributed by atoms with E-state index in [1.54, 1.807) is 0 Å². The molecule has 1 fully saturated rings. The van der Waals surface area contributed by atoms with Gasteiger partial charge in [0, 0.05) is 30.4 Å². The highest BCUT2D eigenvalue weighted by Gasteiger charge is 2.35. The number of nitrogens with zero attached hydrogens (tertiary/aromatic N) is 1. The number of halogens is 1. The van der Waals surface area contributed by atoms with Crippen LogP contribution in [0.5, 0.6) is 0 Å². The van der Waals surface area contributed by atoms with Crippen LogP contribution in [0.15, 0.2) is 24.3 Å². The molecule has 3 nitrogen and oxygen atoms in total. The van der Waals surface area contributed by atoms with Gasteiger partial charge in [0.25, 0.3) is 5.91 Å². The minimum Gasteiger partial charge on any atom is -0.338 e. The van der Waals surface area contributed by atoms with Crippen molar-refractivity contribution in [1.82, 2.24) is 4.90 Å². The second-order valence-corrected chi connectivity index (χ2v) is 7.72. The molecule has 0 spiro atoms. The zero-order chi connectivity index (χ0) is 15.5. The van der Waals surface area contributed by atoms with Crippen LogP contribution in [-0.4, -0.2) is 35.7 Å². The number of nitrogens with two attached hydrogens (primary N) is 1. The summed E-state index contributed by atoms with van der Waals surface area (Å²) in [7, 11) is 0. The van der Waals surface area contributed by atoms with Gasteiger partial charge in [-0.15, -0.1) is 12.4 Å². The molecule has 2 N–H and O–H groups in total. The Hall–Kier alpha value is -0.710. The van der Waals surface area contributed by atoms with Crippen molar-refractivity contribution in [2.24, 2.45) is 11.1 Å². The number of rotatable bonds is 4. The molecule has 22 heavy (non-hydrogen) atoms. The molecule has 5 heteroatoms. The summed E-state index contributed by atoms with van der Waals surface area (Å²) < 4.78 is 0. The van der Waals surface area contributed by atoms with Gasteiger partial charge in [-0.2, -0.15) is 11.8 Å². The van der Waals surface area contributed by atoms with E-state index < -0.39 is 0 Å². The molecule has 2 rings (SSSR count). The van der Waals surface area contributed by atoms with Crippen LogP contribution in [0.2, 0.25) is 0 Å². The molecule has 1 amide bonds. The van der Waals surface area contributed by atoms with Gasteiger partial charge in [0.2, 0.25) is 0 Å². The third-order valence-electron chi connectivity index (χ3n) is 4.27. The summed E-state index contributed by atoms with van der Waals surface area (Å²) in [5, 5.41) is 0. The maximum Gasteiger partial charge on any atom is 0.253 e. The summed E-state index contributed by atoms with van der Waals surface area (Å²) in [6.45, 7) is 7.94. The second-order valence-electron chi connectivity index (χ2n) is 6.44. The number of hydrogen-bond donors (Lipinski definition) is 1. The number of likely N-dealkylation sites (tertiary alicyclic amines) is 1. The van der Waals surface area contributed by atoms with E-state index in [1.165, 1.54) is 5.56 Å². The first kappa shape index (κ1) is 19.3. The van der Waals surface area contributed by atoms with Crippen LogP contribution in [0.3, 0.4) is 0 Å². The second kappa shape index (κ2) is 8.23. The molecule has 1 unspecified atom stereocenters. The van der Waals surface area contributed by atoms with E-state index in [2.05, 4.69) is 32.9 Å². The van der Waals surface area contributed by atoms with E-state index >= 15 is 0 Å². The van der Waals surface area contributed by atoms with Crippen molar-refractivity contribution in [2.75, 3.05) is 18.8 Å². The average molecular weight is 343 g/mol. The Morgan fingerprint density at radius 2 is 2.00 bits per heavy atom. The molecular weight excluding hydrogens is 316 g/mol.